The van der Waals surface area contributed by atoms with Crippen LogP contribution in [0.15, 0.2) is 30.3 Å². The third kappa shape index (κ3) is 2.73. The van der Waals surface area contributed by atoms with Gasteiger partial charge in [-0.3, -0.25) is 4.90 Å². The highest BCUT2D eigenvalue weighted by Gasteiger charge is 2.40. The van der Waals surface area contributed by atoms with Crippen LogP contribution in [0.3, 0.4) is 0 Å². The summed E-state index contributed by atoms with van der Waals surface area (Å²) in [5.74, 6) is 0. The summed E-state index contributed by atoms with van der Waals surface area (Å²) >= 11 is 2.16. The highest BCUT2D eigenvalue weighted by Crippen LogP contribution is 2.40. The molecule has 1 aromatic carbocycles. The fraction of sp³-hybridized carbons (Fsp3) is 0.600. The molecular formula is C15H22N2S. The van der Waals surface area contributed by atoms with Crippen molar-refractivity contribution in [1.82, 2.24) is 10.2 Å². The van der Waals surface area contributed by atoms with Crippen LogP contribution in [-0.2, 0) is 6.54 Å². The fourth-order valence-electron chi connectivity index (χ4n) is 3.01. The average Bonchev–Trinajstić information content (AvgIpc) is 2.75. The van der Waals surface area contributed by atoms with Crippen molar-refractivity contribution in [2.45, 2.75) is 36.4 Å². The second-order valence-electron chi connectivity index (χ2n) is 5.57. The van der Waals surface area contributed by atoms with E-state index in [0.717, 1.165) is 11.8 Å². The van der Waals surface area contributed by atoms with Crippen molar-refractivity contribution in [2.75, 3.05) is 19.6 Å². The molecule has 1 atom stereocenters. The predicted octanol–water partition coefficient (Wildman–Crippen LogP) is 2.70. The first kappa shape index (κ1) is 12.5. The van der Waals surface area contributed by atoms with Crippen LogP contribution in [0.25, 0.3) is 0 Å². The minimum absolute atomic E-state index is 0.395. The average molecular weight is 262 g/mol. The zero-order chi connectivity index (χ0) is 12.4. The molecule has 1 spiro atoms. The van der Waals surface area contributed by atoms with E-state index >= 15 is 0 Å². The van der Waals surface area contributed by atoms with E-state index in [2.05, 4.69) is 59.2 Å². The molecule has 2 aliphatic heterocycles. The van der Waals surface area contributed by atoms with Crippen LogP contribution in [0.4, 0.5) is 0 Å². The molecule has 2 heterocycles. The molecular weight excluding hydrogens is 240 g/mol. The Morgan fingerprint density at radius 3 is 2.61 bits per heavy atom. The number of nitrogens with zero attached hydrogens (tertiary/aromatic N) is 1. The fourth-order valence-corrected chi connectivity index (χ4v) is 4.53. The molecule has 3 heteroatoms. The number of nitrogens with one attached hydrogen (secondary N) is 1. The van der Waals surface area contributed by atoms with Gasteiger partial charge in [-0.1, -0.05) is 37.3 Å². The summed E-state index contributed by atoms with van der Waals surface area (Å²) in [6.07, 6.45) is 2.57. The highest BCUT2D eigenvalue weighted by molar-refractivity contribution is 8.01. The maximum Gasteiger partial charge on any atom is 0.0673 e. The van der Waals surface area contributed by atoms with E-state index in [9.17, 15) is 0 Å². The Morgan fingerprint density at radius 2 is 2.00 bits per heavy atom. The maximum atomic E-state index is 3.74. The van der Waals surface area contributed by atoms with Gasteiger partial charge in [0.1, 0.15) is 0 Å². The lowest BCUT2D eigenvalue weighted by molar-refractivity contribution is 0.181. The maximum absolute atomic E-state index is 3.74. The van der Waals surface area contributed by atoms with E-state index < -0.39 is 0 Å². The normalized spacial score (nSPS) is 27.7. The zero-order valence-corrected chi connectivity index (χ0v) is 11.9. The van der Waals surface area contributed by atoms with Crippen LogP contribution in [0, 0.1) is 0 Å². The van der Waals surface area contributed by atoms with Crippen molar-refractivity contribution >= 4 is 11.8 Å². The van der Waals surface area contributed by atoms with Gasteiger partial charge in [0, 0.05) is 31.4 Å². The number of benzene rings is 1. The Hall–Kier alpha value is -0.510. The Balaban J connectivity index is 1.54. The number of piperidine rings is 1. The van der Waals surface area contributed by atoms with Gasteiger partial charge in [-0.15, -0.1) is 11.8 Å². The Bertz CT molecular complexity index is 385. The van der Waals surface area contributed by atoms with Gasteiger partial charge in [-0.05, 0) is 18.4 Å². The molecule has 0 radical (unpaired) electrons. The Kier molecular flexibility index (Phi) is 3.64. The lowest BCUT2D eigenvalue weighted by Crippen LogP contribution is -2.47. The van der Waals surface area contributed by atoms with Crippen molar-refractivity contribution in [3.8, 4) is 0 Å². The zero-order valence-electron chi connectivity index (χ0n) is 11.1. The van der Waals surface area contributed by atoms with Crippen molar-refractivity contribution in [2.24, 2.45) is 0 Å². The SMILES string of the molecule is CC1CNC2(CCN(Cc3ccccc3)CC2)S1. The van der Waals surface area contributed by atoms with E-state index in [-0.39, 0.29) is 0 Å². The molecule has 0 bridgehead atoms. The summed E-state index contributed by atoms with van der Waals surface area (Å²) < 4.78 is 0. The van der Waals surface area contributed by atoms with Crippen LogP contribution in [0.1, 0.15) is 25.3 Å². The van der Waals surface area contributed by atoms with Gasteiger partial charge in [-0.2, -0.15) is 0 Å². The quantitative estimate of drug-likeness (QED) is 0.882. The molecule has 0 amide bonds. The number of likely N-dealkylation sites (tertiary alicyclic amines) is 1. The van der Waals surface area contributed by atoms with Crippen LogP contribution in [0.2, 0.25) is 0 Å². The van der Waals surface area contributed by atoms with E-state index in [0.29, 0.717) is 4.87 Å². The van der Waals surface area contributed by atoms with Crippen molar-refractivity contribution in [3.05, 3.63) is 35.9 Å². The van der Waals surface area contributed by atoms with Gasteiger partial charge in [0.25, 0.3) is 0 Å². The summed E-state index contributed by atoms with van der Waals surface area (Å²) in [5, 5.41) is 4.53. The summed E-state index contributed by atoms with van der Waals surface area (Å²) in [7, 11) is 0. The number of rotatable bonds is 2. The topological polar surface area (TPSA) is 15.3 Å². The van der Waals surface area contributed by atoms with E-state index in [1.807, 2.05) is 0 Å². The monoisotopic (exact) mass is 262 g/mol. The lowest BCUT2D eigenvalue weighted by Gasteiger charge is -2.39. The first-order chi connectivity index (χ1) is 8.76. The third-order valence-corrected chi connectivity index (χ3v) is 5.62. The van der Waals surface area contributed by atoms with Crippen LogP contribution >= 0.6 is 11.8 Å². The van der Waals surface area contributed by atoms with Gasteiger partial charge >= 0.3 is 0 Å². The van der Waals surface area contributed by atoms with Gasteiger partial charge < -0.3 is 5.32 Å². The van der Waals surface area contributed by atoms with Crippen LogP contribution in [0.5, 0.6) is 0 Å². The molecule has 98 valence electrons. The van der Waals surface area contributed by atoms with Gasteiger partial charge in [-0.25, -0.2) is 0 Å². The van der Waals surface area contributed by atoms with Gasteiger partial charge in [0.15, 0.2) is 0 Å². The molecule has 1 N–H and O–H groups in total. The molecule has 0 saturated carbocycles. The van der Waals surface area contributed by atoms with Gasteiger partial charge in [0.2, 0.25) is 0 Å². The molecule has 2 saturated heterocycles. The minimum atomic E-state index is 0.395. The van der Waals surface area contributed by atoms with Crippen LogP contribution < -0.4 is 5.32 Å². The second-order valence-corrected chi connectivity index (χ2v) is 7.39. The summed E-state index contributed by atoms with van der Waals surface area (Å²) in [6.45, 7) is 7.08. The highest BCUT2D eigenvalue weighted by atomic mass is 32.2. The third-order valence-electron chi connectivity index (χ3n) is 4.05. The van der Waals surface area contributed by atoms with Crippen LogP contribution in [-0.4, -0.2) is 34.7 Å². The predicted molar refractivity (Wildman–Crippen MR) is 78.7 cm³/mol. The second kappa shape index (κ2) is 5.24. The summed E-state index contributed by atoms with van der Waals surface area (Å²) in [5.41, 5.74) is 1.44. The molecule has 0 aliphatic carbocycles. The molecule has 2 fully saturated rings. The summed E-state index contributed by atoms with van der Waals surface area (Å²) in [4.78, 5) is 2.98. The number of hydrogen-bond donors (Lipinski definition) is 1. The Labute approximate surface area is 114 Å². The van der Waals surface area contributed by atoms with Gasteiger partial charge in [0.05, 0.1) is 4.87 Å². The molecule has 0 aromatic heterocycles. The van der Waals surface area contributed by atoms with E-state index in [1.54, 1.807) is 0 Å². The molecule has 3 rings (SSSR count). The van der Waals surface area contributed by atoms with Crippen molar-refractivity contribution < 1.29 is 0 Å². The van der Waals surface area contributed by atoms with Crippen molar-refractivity contribution in [1.29, 1.82) is 0 Å². The van der Waals surface area contributed by atoms with E-state index in [1.165, 1.54) is 38.0 Å². The number of hydrogen-bond acceptors (Lipinski definition) is 3. The molecule has 1 unspecified atom stereocenters. The Morgan fingerprint density at radius 1 is 1.28 bits per heavy atom. The smallest absolute Gasteiger partial charge is 0.0673 e. The molecule has 2 aliphatic rings. The largest absolute Gasteiger partial charge is 0.302 e. The molecule has 2 nitrogen and oxygen atoms in total. The summed E-state index contributed by atoms with van der Waals surface area (Å²) in [6, 6.07) is 10.8. The van der Waals surface area contributed by atoms with Crippen molar-refractivity contribution in [3.63, 3.8) is 0 Å². The first-order valence-electron chi connectivity index (χ1n) is 6.95. The minimum Gasteiger partial charge on any atom is -0.302 e. The molecule has 1 aromatic rings. The standard InChI is InChI=1S/C15H22N2S/c1-13-11-16-15(18-13)7-9-17(10-8-15)12-14-5-3-2-4-6-14/h2-6,13,16H,7-12H2,1H3. The molecule has 18 heavy (non-hydrogen) atoms. The number of thioether (sulfide) groups is 1. The first-order valence-corrected chi connectivity index (χ1v) is 7.83. The lowest BCUT2D eigenvalue weighted by atomic mass is 10.0. The van der Waals surface area contributed by atoms with E-state index in [4.69, 9.17) is 0 Å².